The molecule has 0 aliphatic rings. The van der Waals surface area contributed by atoms with Gasteiger partial charge in [0.2, 0.25) is 7.59 Å². The van der Waals surface area contributed by atoms with E-state index in [0.717, 1.165) is 0 Å². The number of aryl methyl sites for hydroxylation is 1. The van der Waals surface area contributed by atoms with Gasteiger partial charge >= 0.3 is 12.2 Å². The minimum absolute atomic E-state index is 0.0172. The van der Waals surface area contributed by atoms with Gasteiger partial charge in [-0.05, 0) is 48.4 Å². The van der Waals surface area contributed by atoms with Crippen molar-refractivity contribution in [3.05, 3.63) is 71.1 Å². The van der Waals surface area contributed by atoms with Gasteiger partial charge in [0.15, 0.2) is 17.5 Å². The number of amides is 2. The Morgan fingerprint density at radius 1 is 0.848 bits per heavy atom. The van der Waals surface area contributed by atoms with Crippen LogP contribution < -0.4 is 15.4 Å². The second-order valence-electron chi connectivity index (χ2n) is 8.93. The average molecular weight is 778 g/mol. The first-order chi connectivity index (χ1) is 21.4. The zero-order valence-electron chi connectivity index (χ0n) is 23.3. The number of carbonyl (C=O) groups excluding carboxylic acids is 2. The Hall–Kier alpha value is -2.82. The smallest absolute Gasteiger partial charge is 0.411 e. The summed E-state index contributed by atoms with van der Waals surface area (Å²) in [6.45, 7) is 1.06. The third-order valence-corrected chi connectivity index (χ3v) is 7.02. The standard InChI is InChI=1S/C26H23Cl6N5O8S/c1-15-5-7-17(14-19(15)34-24(39)45-11-12-46(40,41)42)33-23(38)44-10-9-43-18-4-2-3-16(13-18)6-8-20-35-21(25(27,28)29)37-22(36-20)26(30,31)32/h2-8,13-14H,9-12H2,1H3,(H,33,38)(H,34,39)(H,40,41,42)/b8-6+. The Morgan fingerprint density at radius 3 is 2.11 bits per heavy atom. The number of hydrogen-bond acceptors (Lipinski definition) is 10. The molecule has 0 atom stereocenters. The summed E-state index contributed by atoms with van der Waals surface area (Å²) in [7, 11) is -4.28. The number of ether oxygens (including phenoxy) is 3. The molecular formula is C26H23Cl6N5O8S. The minimum atomic E-state index is -4.28. The minimum Gasteiger partial charge on any atom is -0.490 e. The number of benzene rings is 2. The Balaban J connectivity index is 1.52. The van der Waals surface area contributed by atoms with Gasteiger partial charge in [0.05, 0.1) is 0 Å². The molecule has 1 heterocycles. The zero-order valence-corrected chi connectivity index (χ0v) is 28.7. The lowest BCUT2D eigenvalue weighted by Crippen LogP contribution is -2.20. The van der Waals surface area contributed by atoms with Crippen LogP contribution in [0.25, 0.3) is 12.2 Å². The number of anilines is 2. The van der Waals surface area contributed by atoms with Crippen LogP contribution in [-0.2, 0) is 27.2 Å². The molecular weight excluding hydrogens is 755 g/mol. The molecule has 0 saturated carbocycles. The van der Waals surface area contributed by atoms with Crippen molar-refractivity contribution in [2.24, 2.45) is 0 Å². The van der Waals surface area contributed by atoms with Crippen molar-refractivity contribution < 1.29 is 36.8 Å². The maximum absolute atomic E-state index is 12.3. The van der Waals surface area contributed by atoms with E-state index in [1.54, 1.807) is 49.4 Å². The topological polar surface area (TPSA) is 179 Å². The van der Waals surface area contributed by atoms with Crippen molar-refractivity contribution in [1.29, 1.82) is 0 Å². The van der Waals surface area contributed by atoms with Crippen molar-refractivity contribution in [2.75, 3.05) is 36.2 Å². The summed E-state index contributed by atoms with van der Waals surface area (Å²) in [5, 5.41) is 4.94. The molecule has 248 valence electrons. The van der Waals surface area contributed by atoms with Gasteiger partial charge in [0, 0.05) is 11.4 Å². The van der Waals surface area contributed by atoms with Crippen LogP contribution in [-0.4, -0.2) is 65.7 Å². The molecule has 0 bridgehead atoms. The molecule has 0 saturated heterocycles. The summed E-state index contributed by atoms with van der Waals surface area (Å²) in [6.07, 6.45) is 1.40. The van der Waals surface area contributed by atoms with Gasteiger partial charge in [-0.3, -0.25) is 15.2 Å². The van der Waals surface area contributed by atoms with Crippen LogP contribution in [0.2, 0.25) is 0 Å². The van der Waals surface area contributed by atoms with Crippen LogP contribution in [0.3, 0.4) is 0 Å². The molecule has 1 aromatic heterocycles. The summed E-state index contributed by atoms with van der Waals surface area (Å²) >= 11 is 35.4. The lowest BCUT2D eigenvalue weighted by Gasteiger charge is -2.14. The predicted molar refractivity (Wildman–Crippen MR) is 177 cm³/mol. The molecule has 0 radical (unpaired) electrons. The molecule has 0 aliphatic heterocycles. The van der Waals surface area contributed by atoms with Crippen molar-refractivity contribution in [3.8, 4) is 5.75 Å². The third kappa shape index (κ3) is 13.1. The normalized spacial score (nSPS) is 12.1. The highest BCUT2D eigenvalue weighted by Gasteiger charge is 2.33. The fourth-order valence-corrected chi connectivity index (χ4v) is 4.07. The molecule has 3 rings (SSSR count). The number of rotatable bonds is 11. The highest BCUT2D eigenvalue weighted by molar-refractivity contribution is 7.85. The van der Waals surface area contributed by atoms with E-state index in [4.69, 9.17) is 88.4 Å². The number of carbonyl (C=O) groups is 2. The molecule has 13 nitrogen and oxygen atoms in total. The molecule has 0 aliphatic carbocycles. The van der Waals surface area contributed by atoms with Gasteiger partial charge in [0.25, 0.3) is 10.1 Å². The average Bonchev–Trinajstić information content (AvgIpc) is 2.94. The van der Waals surface area contributed by atoms with Crippen LogP contribution in [0, 0.1) is 6.92 Å². The van der Waals surface area contributed by atoms with Gasteiger partial charge in [-0.25, -0.2) is 24.5 Å². The zero-order chi connectivity index (χ0) is 34.1. The molecule has 3 N–H and O–H groups in total. The van der Waals surface area contributed by atoms with E-state index in [2.05, 4.69) is 25.6 Å². The third-order valence-electron chi connectivity index (χ3n) is 5.32. The second-order valence-corrected chi connectivity index (χ2v) is 15.1. The van der Waals surface area contributed by atoms with E-state index in [9.17, 15) is 18.0 Å². The summed E-state index contributed by atoms with van der Waals surface area (Å²) < 4.78 is 41.7. The summed E-state index contributed by atoms with van der Waals surface area (Å²) in [5.74, 6) is -0.682. The fraction of sp³-hybridized carbons (Fsp3) is 0.269. The molecule has 46 heavy (non-hydrogen) atoms. The molecule has 0 fully saturated rings. The fourth-order valence-electron chi connectivity index (χ4n) is 3.27. The lowest BCUT2D eigenvalue weighted by molar-refractivity contribution is 0.138. The van der Waals surface area contributed by atoms with Gasteiger partial charge in [0.1, 0.15) is 31.3 Å². The van der Waals surface area contributed by atoms with Crippen LogP contribution in [0.15, 0.2) is 42.5 Å². The van der Waals surface area contributed by atoms with E-state index < -0.39 is 42.2 Å². The highest BCUT2D eigenvalue weighted by atomic mass is 35.6. The maximum atomic E-state index is 12.3. The van der Waals surface area contributed by atoms with Crippen LogP contribution >= 0.6 is 69.6 Å². The lowest BCUT2D eigenvalue weighted by atomic mass is 10.2. The Kier molecular flexibility index (Phi) is 13.4. The van der Waals surface area contributed by atoms with Crippen LogP contribution in [0.5, 0.6) is 5.75 Å². The largest absolute Gasteiger partial charge is 0.490 e. The van der Waals surface area contributed by atoms with E-state index in [-0.39, 0.29) is 30.7 Å². The van der Waals surface area contributed by atoms with Crippen LogP contribution in [0.1, 0.15) is 28.6 Å². The summed E-state index contributed by atoms with van der Waals surface area (Å²) in [6, 6.07) is 11.5. The van der Waals surface area contributed by atoms with Gasteiger partial charge < -0.3 is 14.2 Å². The second kappa shape index (κ2) is 16.3. The van der Waals surface area contributed by atoms with Crippen LogP contribution in [0.4, 0.5) is 21.0 Å². The maximum Gasteiger partial charge on any atom is 0.411 e. The number of aromatic nitrogens is 3. The number of hydrogen-bond donors (Lipinski definition) is 3. The molecule has 2 aromatic carbocycles. The van der Waals surface area contributed by atoms with E-state index in [1.165, 1.54) is 12.1 Å². The number of nitrogens with zero attached hydrogens (tertiary/aromatic N) is 3. The number of nitrogens with one attached hydrogen (secondary N) is 2. The molecule has 20 heteroatoms. The van der Waals surface area contributed by atoms with Gasteiger partial charge in [-0.2, -0.15) is 8.42 Å². The Labute approximate surface area is 293 Å². The Morgan fingerprint density at radius 2 is 1.48 bits per heavy atom. The molecule has 0 unspecified atom stereocenters. The van der Waals surface area contributed by atoms with Gasteiger partial charge in [-0.15, -0.1) is 0 Å². The highest BCUT2D eigenvalue weighted by Crippen LogP contribution is 2.40. The monoisotopic (exact) mass is 775 g/mol. The Bertz CT molecular complexity index is 1670. The summed E-state index contributed by atoms with van der Waals surface area (Å²) in [5.41, 5.74) is 1.89. The predicted octanol–water partition coefficient (Wildman–Crippen LogP) is 7.07. The van der Waals surface area contributed by atoms with Crippen molar-refractivity contribution >= 4 is 115 Å². The van der Waals surface area contributed by atoms with E-state index in [0.29, 0.717) is 28.3 Å². The number of halogens is 6. The van der Waals surface area contributed by atoms with E-state index in [1.807, 2.05) is 0 Å². The van der Waals surface area contributed by atoms with Crippen molar-refractivity contribution in [3.63, 3.8) is 0 Å². The first kappa shape index (κ1) is 37.6. The van der Waals surface area contributed by atoms with Gasteiger partial charge in [-0.1, -0.05) is 93.9 Å². The molecule has 3 aromatic rings. The first-order valence-electron chi connectivity index (χ1n) is 12.6. The van der Waals surface area contributed by atoms with Crippen molar-refractivity contribution in [1.82, 2.24) is 15.0 Å². The van der Waals surface area contributed by atoms with Crippen molar-refractivity contribution in [2.45, 2.75) is 14.5 Å². The van der Waals surface area contributed by atoms with E-state index >= 15 is 0 Å². The quantitative estimate of drug-likeness (QED) is 0.103. The first-order valence-corrected chi connectivity index (χ1v) is 16.5. The summed E-state index contributed by atoms with van der Waals surface area (Å²) in [4.78, 5) is 36.3. The molecule has 2 amide bonds. The number of alkyl halides is 6. The SMILES string of the molecule is Cc1ccc(NC(=O)OCCOc2cccc(/C=C/c3nc(C(Cl)(Cl)Cl)nc(C(Cl)(Cl)Cl)n3)c2)cc1NC(=O)OCCS(=O)(=O)O. The molecule has 0 spiro atoms.